The monoisotopic (exact) mass is 290 g/mol. The molecule has 1 unspecified atom stereocenters. The molecular weight excluding hydrogens is 260 g/mol. The first-order chi connectivity index (χ1) is 10.1. The molecule has 1 fully saturated rings. The zero-order valence-electron chi connectivity index (χ0n) is 13.8. The Bertz CT molecular complexity index is 439. The van der Waals surface area contributed by atoms with Crippen molar-refractivity contribution in [3.8, 4) is 0 Å². The normalized spacial score (nSPS) is 18.0. The molecule has 3 heteroatoms. The Labute approximate surface area is 129 Å². The summed E-state index contributed by atoms with van der Waals surface area (Å²) in [6.45, 7) is 7.54. The minimum atomic E-state index is 0.277. The van der Waals surface area contributed by atoms with Gasteiger partial charge in [0.15, 0.2) is 0 Å². The number of methoxy groups -OCH3 is 1. The largest absolute Gasteiger partial charge is 0.384 e. The lowest BCUT2D eigenvalue weighted by Gasteiger charge is -2.33. The molecule has 1 heterocycles. The van der Waals surface area contributed by atoms with Gasteiger partial charge in [0, 0.05) is 38.5 Å². The number of hydrogen-bond acceptors (Lipinski definition) is 3. The van der Waals surface area contributed by atoms with Crippen molar-refractivity contribution in [2.75, 3.05) is 31.7 Å². The van der Waals surface area contributed by atoms with Crippen LogP contribution in [-0.4, -0.2) is 32.8 Å². The molecule has 21 heavy (non-hydrogen) atoms. The topological polar surface area (TPSA) is 38.5 Å². The van der Waals surface area contributed by atoms with Crippen molar-refractivity contribution in [2.24, 2.45) is 11.7 Å². The van der Waals surface area contributed by atoms with E-state index in [-0.39, 0.29) is 6.04 Å². The van der Waals surface area contributed by atoms with Gasteiger partial charge in [-0.2, -0.15) is 0 Å². The molecule has 1 aromatic rings. The number of anilines is 1. The zero-order chi connectivity index (χ0) is 15.2. The fourth-order valence-electron chi connectivity index (χ4n) is 3.13. The number of nitrogens with zero attached hydrogens (tertiary/aromatic N) is 1. The maximum atomic E-state index is 6.08. The van der Waals surface area contributed by atoms with Crippen LogP contribution >= 0.6 is 0 Å². The molecule has 0 aromatic heterocycles. The first-order valence-electron chi connectivity index (χ1n) is 8.23. The van der Waals surface area contributed by atoms with Crippen LogP contribution < -0.4 is 10.6 Å². The summed E-state index contributed by atoms with van der Waals surface area (Å²) in [6.07, 6.45) is 4.48. The number of hydrogen-bond donors (Lipinski definition) is 1. The van der Waals surface area contributed by atoms with Gasteiger partial charge in [-0.1, -0.05) is 13.0 Å². The summed E-state index contributed by atoms with van der Waals surface area (Å²) in [5, 5.41) is 0. The van der Waals surface area contributed by atoms with E-state index in [4.69, 9.17) is 10.5 Å². The van der Waals surface area contributed by atoms with Gasteiger partial charge in [0.1, 0.15) is 0 Å². The molecule has 2 rings (SSSR count). The van der Waals surface area contributed by atoms with E-state index in [2.05, 4.69) is 36.9 Å². The summed E-state index contributed by atoms with van der Waals surface area (Å²) < 4.78 is 5.27. The lowest BCUT2D eigenvalue weighted by Crippen LogP contribution is -2.35. The summed E-state index contributed by atoms with van der Waals surface area (Å²) in [7, 11) is 1.80. The minimum absolute atomic E-state index is 0.277. The van der Waals surface area contributed by atoms with E-state index in [1.54, 1.807) is 7.11 Å². The first kappa shape index (κ1) is 16.3. The van der Waals surface area contributed by atoms with E-state index in [0.29, 0.717) is 0 Å². The second-order valence-electron chi connectivity index (χ2n) is 6.37. The Balaban J connectivity index is 1.97. The highest BCUT2D eigenvalue weighted by molar-refractivity contribution is 5.51. The maximum absolute atomic E-state index is 6.08. The Hall–Kier alpha value is -1.06. The predicted molar refractivity (Wildman–Crippen MR) is 90.0 cm³/mol. The van der Waals surface area contributed by atoms with Crippen LogP contribution in [0, 0.1) is 12.8 Å². The van der Waals surface area contributed by atoms with E-state index in [1.807, 2.05) is 0 Å². The summed E-state index contributed by atoms with van der Waals surface area (Å²) >= 11 is 0. The van der Waals surface area contributed by atoms with Crippen molar-refractivity contribution in [3.05, 3.63) is 29.3 Å². The first-order valence-corrected chi connectivity index (χ1v) is 8.23. The molecular formula is C18H30N2O. The van der Waals surface area contributed by atoms with Crippen LogP contribution in [0.25, 0.3) is 0 Å². The van der Waals surface area contributed by atoms with Crippen molar-refractivity contribution >= 4 is 5.69 Å². The van der Waals surface area contributed by atoms with Gasteiger partial charge in [0.2, 0.25) is 0 Å². The zero-order valence-corrected chi connectivity index (χ0v) is 13.8. The maximum Gasteiger partial charge on any atom is 0.0491 e. The van der Waals surface area contributed by atoms with Gasteiger partial charge in [0.05, 0.1) is 0 Å². The lowest BCUT2D eigenvalue weighted by atomic mass is 9.96. The van der Waals surface area contributed by atoms with Gasteiger partial charge in [-0.15, -0.1) is 0 Å². The molecule has 0 amide bonds. The average molecular weight is 290 g/mol. The molecule has 2 N–H and O–H groups in total. The van der Waals surface area contributed by atoms with Crippen molar-refractivity contribution in [2.45, 2.75) is 45.6 Å². The summed E-state index contributed by atoms with van der Waals surface area (Å²) in [4.78, 5) is 2.50. The number of piperidine rings is 1. The second kappa shape index (κ2) is 7.81. The summed E-state index contributed by atoms with van der Waals surface area (Å²) in [5.41, 5.74) is 10.2. The molecule has 1 aliphatic heterocycles. The Kier molecular flexibility index (Phi) is 6.07. The molecule has 0 bridgehead atoms. The fraction of sp³-hybridized carbons (Fsp3) is 0.667. The van der Waals surface area contributed by atoms with Crippen LogP contribution in [0.3, 0.4) is 0 Å². The number of benzene rings is 1. The molecule has 1 saturated heterocycles. The van der Waals surface area contributed by atoms with Gasteiger partial charge < -0.3 is 15.4 Å². The number of nitrogens with two attached hydrogens (primary N) is 1. The van der Waals surface area contributed by atoms with Crippen LogP contribution in [0.4, 0.5) is 5.69 Å². The third-order valence-electron chi connectivity index (χ3n) is 4.71. The third-order valence-corrected chi connectivity index (χ3v) is 4.71. The smallest absolute Gasteiger partial charge is 0.0491 e. The Morgan fingerprint density at radius 3 is 2.62 bits per heavy atom. The average Bonchev–Trinajstić information content (AvgIpc) is 2.50. The van der Waals surface area contributed by atoms with Crippen LogP contribution in [-0.2, 0) is 11.2 Å². The molecule has 0 radical (unpaired) electrons. The Morgan fingerprint density at radius 1 is 1.33 bits per heavy atom. The Morgan fingerprint density at radius 2 is 2.05 bits per heavy atom. The standard InChI is InChI=1S/C18H30N2O/c1-4-17(19)12-16-5-6-18(11-14(16)2)20-9-7-15(8-10-20)13-21-3/h5-6,11,15,17H,4,7-10,12-13,19H2,1-3H3. The number of ether oxygens (including phenoxy) is 1. The minimum Gasteiger partial charge on any atom is -0.384 e. The van der Waals surface area contributed by atoms with Crippen LogP contribution in [0.2, 0.25) is 0 Å². The van der Waals surface area contributed by atoms with Gasteiger partial charge in [-0.05, 0) is 61.8 Å². The van der Waals surface area contributed by atoms with Crippen molar-refractivity contribution in [1.82, 2.24) is 0 Å². The van der Waals surface area contributed by atoms with Gasteiger partial charge in [-0.25, -0.2) is 0 Å². The molecule has 1 aliphatic rings. The summed E-state index contributed by atoms with van der Waals surface area (Å²) in [5.74, 6) is 0.731. The molecule has 118 valence electrons. The number of rotatable bonds is 6. The van der Waals surface area contributed by atoms with E-state index in [1.165, 1.54) is 29.7 Å². The molecule has 0 spiro atoms. The van der Waals surface area contributed by atoms with Gasteiger partial charge >= 0.3 is 0 Å². The molecule has 0 saturated carbocycles. The van der Waals surface area contributed by atoms with Gasteiger partial charge in [-0.3, -0.25) is 0 Å². The van der Waals surface area contributed by atoms with E-state index in [9.17, 15) is 0 Å². The quantitative estimate of drug-likeness (QED) is 0.875. The van der Waals surface area contributed by atoms with Crippen LogP contribution in [0.5, 0.6) is 0 Å². The SMILES string of the molecule is CCC(N)Cc1ccc(N2CCC(COC)CC2)cc1C. The number of aryl methyl sites for hydroxylation is 1. The third kappa shape index (κ3) is 4.45. The van der Waals surface area contributed by atoms with Crippen molar-refractivity contribution < 1.29 is 4.74 Å². The summed E-state index contributed by atoms with van der Waals surface area (Å²) in [6, 6.07) is 7.14. The van der Waals surface area contributed by atoms with Crippen molar-refractivity contribution in [1.29, 1.82) is 0 Å². The highest BCUT2D eigenvalue weighted by Gasteiger charge is 2.19. The van der Waals surface area contributed by atoms with Crippen molar-refractivity contribution in [3.63, 3.8) is 0 Å². The molecule has 0 aliphatic carbocycles. The van der Waals surface area contributed by atoms with E-state index in [0.717, 1.165) is 38.5 Å². The van der Waals surface area contributed by atoms with Gasteiger partial charge in [0.25, 0.3) is 0 Å². The van der Waals surface area contributed by atoms with E-state index < -0.39 is 0 Å². The predicted octanol–water partition coefficient (Wildman–Crippen LogP) is 3.14. The highest BCUT2D eigenvalue weighted by Crippen LogP contribution is 2.25. The highest BCUT2D eigenvalue weighted by atomic mass is 16.5. The fourth-order valence-corrected chi connectivity index (χ4v) is 3.13. The van der Waals surface area contributed by atoms with Crippen LogP contribution in [0.15, 0.2) is 18.2 Å². The molecule has 1 aromatic carbocycles. The lowest BCUT2D eigenvalue weighted by molar-refractivity contribution is 0.139. The molecule has 1 atom stereocenters. The second-order valence-corrected chi connectivity index (χ2v) is 6.37. The van der Waals surface area contributed by atoms with Crippen LogP contribution in [0.1, 0.15) is 37.3 Å². The van der Waals surface area contributed by atoms with E-state index >= 15 is 0 Å². The molecule has 3 nitrogen and oxygen atoms in total.